The molecule has 3 N–H and O–H groups in total. The highest BCUT2D eigenvalue weighted by atomic mass is 16.4. The Hall–Kier alpha value is -2.31. The highest BCUT2D eigenvalue weighted by Gasteiger charge is 2.28. The third kappa shape index (κ3) is 6.11. The molecular weight excluding hydrogens is 278 g/mol. The second-order valence-corrected chi connectivity index (χ2v) is 4.90. The summed E-state index contributed by atoms with van der Waals surface area (Å²) < 4.78 is 0. The summed E-state index contributed by atoms with van der Waals surface area (Å²) in [6.45, 7) is 1.33. The number of likely N-dealkylation sites (tertiary alicyclic amines) is 1. The zero-order valence-electron chi connectivity index (χ0n) is 11.5. The Balaban J connectivity index is 0.000000240. The van der Waals surface area contributed by atoms with Crippen molar-refractivity contribution in [1.82, 2.24) is 4.90 Å². The molecule has 1 fully saturated rings. The molecule has 1 saturated heterocycles. The molecule has 116 valence electrons. The first-order chi connectivity index (χ1) is 9.90. The fourth-order valence-electron chi connectivity index (χ4n) is 2.24. The minimum Gasteiger partial charge on any atom is -0.481 e. The summed E-state index contributed by atoms with van der Waals surface area (Å²) in [7, 11) is 0. The molecule has 1 aliphatic carbocycles. The fraction of sp³-hybridized carbons (Fsp3) is 0.500. The van der Waals surface area contributed by atoms with Gasteiger partial charge in [-0.1, -0.05) is 24.3 Å². The van der Waals surface area contributed by atoms with E-state index in [2.05, 4.69) is 18.2 Å². The third-order valence-corrected chi connectivity index (χ3v) is 3.36. The van der Waals surface area contributed by atoms with Gasteiger partial charge in [0, 0.05) is 19.0 Å². The average molecular weight is 297 g/mol. The van der Waals surface area contributed by atoms with Gasteiger partial charge in [-0.15, -0.1) is 0 Å². The molecule has 0 radical (unpaired) electrons. The van der Waals surface area contributed by atoms with Crippen LogP contribution in [-0.2, 0) is 9.59 Å². The number of hydrogen-bond donors (Lipinski definition) is 3. The van der Waals surface area contributed by atoms with E-state index in [1.165, 1.54) is 4.90 Å². The molecular formula is C14H19NO6. The number of amides is 1. The quantitative estimate of drug-likeness (QED) is 0.729. The first-order valence-electron chi connectivity index (χ1n) is 6.66. The molecule has 1 aliphatic heterocycles. The number of carboxylic acid groups (broad SMARTS) is 3. The van der Waals surface area contributed by atoms with Crippen LogP contribution in [0, 0.1) is 11.8 Å². The maximum absolute atomic E-state index is 10.7. The summed E-state index contributed by atoms with van der Waals surface area (Å²) in [4.78, 5) is 31.5. The number of nitrogens with zero attached hydrogens (tertiary/aromatic N) is 1. The molecule has 21 heavy (non-hydrogen) atoms. The lowest BCUT2D eigenvalue weighted by Crippen LogP contribution is -2.42. The second-order valence-electron chi connectivity index (χ2n) is 4.90. The molecule has 2 aliphatic rings. The molecule has 7 nitrogen and oxygen atoms in total. The Kier molecular flexibility index (Phi) is 6.45. The van der Waals surface area contributed by atoms with Gasteiger partial charge in [0.25, 0.3) is 0 Å². The largest absolute Gasteiger partial charge is 0.481 e. The highest BCUT2D eigenvalue weighted by Crippen LogP contribution is 2.28. The van der Waals surface area contributed by atoms with E-state index in [0.717, 1.165) is 6.42 Å². The SMILES string of the molecule is O=C(O)CCC(=O)O.O=C(O)N1CCC2C=CC=CC2C1. The van der Waals surface area contributed by atoms with Gasteiger partial charge in [0.2, 0.25) is 0 Å². The summed E-state index contributed by atoms with van der Waals surface area (Å²) in [5.74, 6) is -1.20. The predicted molar refractivity (Wildman–Crippen MR) is 74.0 cm³/mol. The van der Waals surface area contributed by atoms with Crippen molar-refractivity contribution < 1.29 is 29.7 Å². The van der Waals surface area contributed by atoms with E-state index in [1.807, 2.05) is 6.08 Å². The maximum Gasteiger partial charge on any atom is 0.407 e. The number of rotatable bonds is 3. The first-order valence-corrected chi connectivity index (χ1v) is 6.66. The molecule has 2 unspecified atom stereocenters. The van der Waals surface area contributed by atoms with Crippen LogP contribution in [0.3, 0.4) is 0 Å². The molecule has 0 saturated carbocycles. The monoisotopic (exact) mass is 297 g/mol. The van der Waals surface area contributed by atoms with Crippen LogP contribution in [-0.4, -0.2) is 51.3 Å². The molecule has 2 rings (SSSR count). The van der Waals surface area contributed by atoms with Crippen LogP contribution in [0.1, 0.15) is 19.3 Å². The van der Waals surface area contributed by atoms with E-state index in [-0.39, 0.29) is 12.8 Å². The first kappa shape index (κ1) is 16.7. The van der Waals surface area contributed by atoms with E-state index in [4.69, 9.17) is 15.3 Å². The second kappa shape index (κ2) is 8.08. The standard InChI is InChI=1S/C10H13NO2.C4H6O4/c12-10(13)11-6-5-8-3-1-2-4-9(8)7-11;5-3(6)1-2-4(7)8/h1-4,8-9H,5-7H2,(H,12,13);1-2H2,(H,5,6)(H,7,8). The van der Waals surface area contributed by atoms with Crippen molar-refractivity contribution in [2.75, 3.05) is 13.1 Å². The molecule has 7 heteroatoms. The van der Waals surface area contributed by atoms with Gasteiger partial charge < -0.3 is 20.2 Å². The minimum absolute atomic E-state index is 0.296. The van der Waals surface area contributed by atoms with Crippen molar-refractivity contribution in [3.63, 3.8) is 0 Å². The average Bonchev–Trinajstić information content (AvgIpc) is 2.45. The number of piperidine rings is 1. The van der Waals surface area contributed by atoms with Gasteiger partial charge in [-0.05, 0) is 12.3 Å². The molecule has 1 amide bonds. The molecule has 0 spiro atoms. The smallest absolute Gasteiger partial charge is 0.407 e. The molecule has 0 aromatic carbocycles. The van der Waals surface area contributed by atoms with Crippen LogP contribution in [0.5, 0.6) is 0 Å². The zero-order valence-corrected chi connectivity index (χ0v) is 11.5. The highest BCUT2D eigenvalue weighted by molar-refractivity contribution is 5.75. The normalized spacial score (nSPS) is 22.8. The van der Waals surface area contributed by atoms with Gasteiger partial charge in [-0.2, -0.15) is 0 Å². The van der Waals surface area contributed by atoms with Gasteiger partial charge >= 0.3 is 18.0 Å². The molecule has 0 bridgehead atoms. The van der Waals surface area contributed by atoms with Crippen LogP contribution in [0.2, 0.25) is 0 Å². The summed E-state index contributed by atoms with van der Waals surface area (Å²) in [6, 6.07) is 0. The van der Waals surface area contributed by atoms with Gasteiger partial charge in [-0.25, -0.2) is 4.79 Å². The molecule has 0 aromatic rings. The zero-order chi connectivity index (χ0) is 15.8. The van der Waals surface area contributed by atoms with E-state index in [0.29, 0.717) is 24.9 Å². The van der Waals surface area contributed by atoms with Crippen LogP contribution in [0.15, 0.2) is 24.3 Å². The number of carboxylic acids is 2. The summed E-state index contributed by atoms with van der Waals surface area (Å²) in [5.41, 5.74) is 0. The van der Waals surface area contributed by atoms with Gasteiger partial charge in [0.1, 0.15) is 0 Å². The minimum atomic E-state index is -1.08. The Morgan fingerprint density at radius 3 is 1.95 bits per heavy atom. The van der Waals surface area contributed by atoms with Crippen LogP contribution < -0.4 is 0 Å². The maximum atomic E-state index is 10.7. The summed E-state index contributed by atoms with van der Waals surface area (Å²) in [5, 5.41) is 24.6. The number of carbonyl (C=O) groups is 3. The van der Waals surface area contributed by atoms with Gasteiger partial charge in [0.15, 0.2) is 0 Å². The van der Waals surface area contributed by atoms with E-state index in [9.17, 15) is 14.4 Å². The van der Waals surface area contributed by atoms with E-state index >= 15 is 0 Å². The lowest BCUT2D eigenvalue weighted by atomic mass is 9.83. The van der Waals surface area contributed by atoms with E-state index < -0.39 is 18.0 Å². The Bertz CT molecular complexity index is 442. The lowest BCUT2D eigenvalue weighted by Gasteiger charge is -2.35. The number of allylic oxidation sites excluding steroid dienone is 3. The summed E-state index contributed by atoms with van der Waals surface area (Å²) >= 11 is 0. The van der Waals surface area contributed by atoms with Crippen molar-refractivity contribution in [1.29, 1.82) is 0 Å². The number of fused-ring (bicyclic) bond motifs is 1. The fourth-order valence-corrected chi connectivity index (χ4v) is 2.24. The predicted octanol–water partition coefficient (Wildman–Crippen LogP) is 1.66. The molecule has 2 atom stereocenters. The van der Waals surface area contributed by atoms with Crippen LogP contribution in [0.25, 0.3) is 0 Å². The van der Waals surface area contributed by atoms with Crippen molar-refractivity contribution in [3.8, 4) is 0 Å². The van der Waals surface area contributed by atoms with Gasteiger partial charge in [-0.3, -0.25) is 9.59 Å². The Labute approximate surface area is 122 Å². The third-order valence-electron chi connectivity index (χ3n) is 3.36. The van der Waals surface area contributed by atoms with Gasteiger partial charge in [0.05, 0.1) is 12.8 Å². The van der Waals surface area contributed by atoms with E-state index in [1.54, 1.807) is 0 Å². The molecule has 1 heterocycles. The lowest BCUT2D eigenvalue weighted by molar-refractivity contribution is -0.143. The van der Waals surface area contributed by atoms with Crippen LogP contribution >= 0.6 is 0 Å². The number of hydrogen-bond acceptors (Lipinski definition) is 3. The Morgan fingerprint density at radius 1 is 0.952 bits per heavy atom. The molecule has 0 aromatic heterocycles. The van der Waals surface area contributed by atoms with Crippen molar-refractivity contribution in [2.24, 2.45) is 11.8 Å². The van der Waals surface area contributed by atoms with Crippen LogP contribution in [0.4, 0.5) is 4.79 Å². The number of aliphatic carboxylic acids is 2. The Morgan fingerprint density at radius 2 is 1.48 bits per heavy atom. The van der Waals surface area contributed by atoms with Crippen molar-refractivity contribution in [2.45, 2.75) is 19.3 Å². The van der Waals surface area contributed by atoms with Crippen molar-refractivity contribution in [3.05, 3.63) is 24.3 Å². The van der Waals surface area contributed by atoms with Crippen molar-refractivity contribution >= 4 is 18.0 Å². The topological polar surface area (TPSA) is 115 Å². The summed E-state index contributed by atoms with van der Waals surface area (Å²) in [6.07, 6.45) is 7.93.